The van der Waals surface area contributed by atoms with Gasteiger partial charge in [-0.15, -0.1) is 0 Å². The average Bonchev–Trinajstić information content (AvgIpc) is 2.70. The van der Waals surface area contributed by atoms with Gasteiger partial charge in [-0.2, -0.15) is 0 Å². The molecule has 5 nitrogen and oxygen atoms in total. The Kier molecular flexibility index (Phi) is 2.29. The minimum absolute atomic E-state index is 0.0270. The van der Waals surface area contributed by atoms with Crippen LogP contribution in [0.25, 0.3) is 11.0 Å². The molecular weight excluding hydrogens is 196 g/mol. The number of rotatable bonds is 2. The first-order chi connectivity index (χ1) is 7.22. The number of hydrogen-bond donors (Lipinski definition) is 2. The maximum absolute atomic E-state index is 11.0. The minimum Gasteiger partial charge on any atom is -0.505 e. The molecule has 0 atom stereocenters. The Morgan fingerprint density at radius 3 is 3.13 bits per heavy atom. The maximum atomic E-state index is 11.0. The molecule has 0 spiro atoms. The van der Waals surface area contributed by atoms with E-state index in [4.69, 9.17) is 0 Å². The monoisotopic (exact) mass is 206 g/mol. The highest BCUT2D eigenvalue weighted by molar-refractivity contribution is 5.84. The number of methoxy groups -OCH3 is 1. The van der Waals surface area contributed by atoms with Gasteiger partial charge in [0.05, 0.1) is 25.4 Å². The molecule has 2 rings (SSSR count). The van der Waals surface area contributed by atoms with Gasteiger partial charge < -0.3 is 14.8 Å². The Bertz CT molecular complexity index is 504. The molecule has 1 aromatic heterocycles. The van der Waals surface area contributed by atoms with Gasteiger partial charge in [-0.05, 0) is 6.07 Å². The number of imidazole rings is 1. The molecule has 0 radical (unpaired) electrons. The van der Waals surface area contributed by atoms with Crippen molar-refractivity contribution < 1.29 is 14.6 Å². The topological polar surface area (TPSA) is 75.2 Å². The normalized spacial score (nSPS) is 10.5. The molecule has 78 valence electrons. The molecule has 1 heterocycles. The zero-order valence-corrected chi connectivity index (χ0v) is 8.15. The molecule has 0 unspecified atom stereocenters. The number of H-pyrrole nitrogens is 1. The summed E-state index contributed by atoms with van der Waals surface area (Å²) in [6.07, 6.45) is 1.54. The zero-order valence-electron chi connectivity index (χ0n) is 8.15. The van der Waals surface area contributed by atoms with E-state index in [-0.39, 0.29) is 18.1 Å². The van der Waals surface area contributed by atoms with E-state index in [1.165, 1.54) is 13.4 Å². The highest BCUT2D eigenvalue weighted by Crippen LogP contribution is 2.26. The van der Waals surface area contributed by atoms with Crippen LogP contribution in [0.2, 0.25) is 0 Å². The number of carbonyl (C=O) groups is 1. The quantitative estimate of drug-likeness (QED) is 0.718. The molecule has 0 aliphatic carbocycles. The number of aromatic nitrogens is 2. The SMILES string of the molecule is COC(=O)Cc1ccc2[nH]cnc2c1O. The lowest BCUT2D eigenvalue weighted by molar-refractivity contribution is -0.139. The number of aromatic amines is 1. The van der Waals surface area contributed by atoms with Crippen molar-refractivity contribution >= 4 is 17.0 Å². The number of fused-ring (bicyclic) bond motifs is 1. The molecule has 0 bridgehead atoms. The molecule has 2 aromatic rings. The molecule has 15 heavy (non-hydrogen) atoms. The number of nitrogens with zero attached hydrogens (tertiary/aromatic N) is 1. The highest BCUT2D eigenvalue weighted by Gasteiger charge is 2.11. The Morgan fingerprint density at radius 1 is 1.60 bits per heavy atom. The first-order valence-electron chi connectivity index (χ1n) is 4.43. The van der Waals surface area contributed by atoms with E-state index in [9.17, 15) is 9.90 Å². The van der Waals surface area contributed by atoms with Crippen LogP contribution in [0, 0.1) is 0 Å². The van der Waals surface area contributed by atoms with Crippen molar-refractivity contribution in [3.05, 3.63) is 24.0 Å². The summed E-state index contributed by atoms with van der Waals surface area (Å²) in [5.74, 6) is -0.362. The lowest BCUT2D eigenvalue weighted by atomic mass is 10.1. The molecule has 0 aliphatic rings. The molecule has 0 saturated carbocycles. The van der Waals surface area contributed by atoms with E-state index in [1.807, 2.05) is 0 Å². The lowest BCUT2D eigenvalue weighted by Crippen LogP contribution is -2.04. The zero-order chi connectivity index (χ0) is 10.8. The molecular formula is C10H10N2O3. The van der Waals surface area contributed by atoms with E-state index >= 15 is 0 Å². The first kappa shape index (κ1) is 9.51. The second-order valence-corrected chi connectivity index (χ2v) is 3.12. The van der Waals surface area contributed by atoms with Crippen molar-refractivity contribution in [2.24, 2.45) is 0 Å². The second-order valence-electron chi connectivity index (χ2n) is 3.12. The predicted molar refractivity (Wildman–Crippen MR) is 53.5 cm³/mol. The van der Waals surface area contributed by atoms with Crippen molar-refractivity contribution in [3.8, 4) is 5.75 Å². The molecule has 0 fully saturated rings. The predicted octanol–water partition coefficient (Wildman–Crippen LogP) is 0.984. The van der Waals surface area contributed by atoms with Crippen LogP contribution in [0.3, 0.4) is 0 Å². The van der Waals surface area contributed by atoms with Gasteiger partial charge in [0.2, 0.25) is 0 Å². The number of nitrogens with one attached hydrogen (secondary N) is 1. The van der Waals surface area contributed by atoms with Crippen LogP contribution in [0.1, 0.15) is 5.56 Å². The van der Waals surface area contributed by atoms with Crippen LogP contribution in [0.15, 0.2) is 18.5 Å². The van der Waals surface area contributed by atoms with Crippen LogP contribution < -0.4 is 0 Å². The third-order valence-electron chi connectivity index (χ3n) is 2.21. The Hall–Kier alpha value is -2.04. The molecule has 2 N–H and O–H groups in total. The number of hydrogen-bond acceptors (Lipinski definition) is 4. The fraction of sp³-hybridized carbons (Fsp3) is 0.200. The Labute approximate surface area is 85.7 Å². The van der Waals surface area contributed by atoms with Gasteiger partial charge in [0.15, 0.2) is 0 Å². The maximum Gasteiger partial charge on any atom is 0.310 e. The third kappa shape index (κ3) is 1.63. The standard InChI is InChI=1S/C10H10N2O3/c1-15-8(13)4-6-2-3-7-9(10(6)14)12-5-11-7/h2-3,5,14H,4H2,1H3,(H,11,12). The van der Waals surface area contributed by atoms with Gasteiger partial charge in [-0.1, -0.05) is 6.07 Å². The number of phenols is 1. The molecule has 1 aromatic carbocycles. The Balaban J connectivity index is 2.43. The van der Waals surface area contributed by atoms with Gasteiger partial charge in [-0.3, -0.25) is 4.79 Å². The number of aromatic hydroxyl groups is 1. The number of phenolic OH excluding ortho intramolecular Hbond substituents is 1. The highest BCUT2D eigenvalue weighted by atomic mass is 16.5. The van der Waals surface area contributed by atoms with Crippen molar-refractivity contribution in [2.45, 2.75) is 6.42 Å². The molecule has 0 amide bonds. The fourth-order valence-electron chi connectivity index (χ4n) is 1.41. The summed E-state index contributed by atoms with van der Waals surface area (Å²) < 4.78 is 4.52. The average molecular weight is 206 g/mol. The van der Waals surface area contributed by atoms with Crippen molar-refractivity contribution in [1.29, 1.82) is 0 Å². The second kappa shape index (κ2) is 3.61. The lowest BCUT2D eigenvalue weighted by Gasteiger charge is -2.03. The summed E-state index contributed by atoms with van der Waals surface area (Å²) in [5, 5.41) is 9.79. The largest absolute Gasteiger partial charge is 0.505 e. The summed E-state index contributed by atoms with van der Waals surface area (Å²) in [6, 6.07) is 3.44. The smallest absolute Gasteiger partial charge is 0.310 e. The van der Waals surface area contributed by atoms with E-state index < -0.39 is 0 Å². The summed E-state index contributed by atoms with van der Waals surface area (Å²) >= 11 is 0. The van der Waals surface area contributed by atoms with E-state index in [1.54, 1.807) is 12.1 Å². The van der Waals surface area contributed by atoms with E-state index in [0.717, 1.165) is 5.52 Å². The van der Waals surface area contributed by atoms with Crippen LogP contribution in [0.5, 0.6) is 5.75 Å². The van der Waals surface area contributed by atoms with Gasteiger partial charge >= 0.3 is 5.97 Å². The molecule has 0 saturated heterocycles. The van der Waals surface area contributed by atoms with Crippen LogP contribution in [-0.4, -0.2) is 28.2 Å². The molecule has 0 aliphatic heterocycles. The summed E-state index contributed by atoms with van der Waals surface area (Å²) in [7, 11) is 1.31. The van der Waals surface area contributed by atoms with Crippen LogP contribution in [-0.2, 0) is 16.0 Å². The van der Waals surface area contributed by atoms with Crippen molar-refractivity contribution in [1.82, 2.24) is 9.97 Å². The van der Waals surface area contributed by atoms with Crippen LogP contribution >= 0.6 is 0 Å². The van der Waals surface area contributed by atoms with E-state index in [2.05, 4.69) is 14.7 Å². The van der Waals surface area contributed by atoms with Gasteiger partial charge in [0.1, 0.15) is 11.3 Å². The van der Waals surface area contributed by atoms with E-state index in [0.29, 0.717) is 11.1 Å². The third-order valence-corrected chi connectivity index (χ3v) is 2.21. The number of esters is 1. The van der Waals surface area contributed by atoms with Gasteiger partial charge in [0.25, 0.3) is 0 Å². The van der Waals surface area contributed by atoms with Crippen LogP contribution in [0.4, 0.5) is 0 Å². The summed E-state index contributed by atoms with van der Waals surface area (Å²) in [5.41, 5.74) is 1.72. The van der Waals surface area contributed by atoms with Gasteiger partial charge in [-0.25, -0.2) is 4.98 Å². The first-order valence-corrected chi connectivity index (χ1v) is 4.43. The minimum atomic E-state index is -0.389. The Morgan fingerprint density at radius 2 is 2.40 bits per heavy atom. The summed E-state index contributed by atoms with van der Waals surface area (Å²) in [6.45, 7) is 0. The van der Waals surface area contributed by atoms with Crippen molar-refractivity contribution in [2.75, 3.05) is 7.11 Å². The summed E-state index contributed by atoms with van der Waals surface area (Å²) in [4.78, 5) is 17.9. The number of ether oxygens (including phenoxy) is 1. The van der Waals surface area contributed by atoms with Crippen molar-refractivity contribution in [3.63, 3.8) is 0 Å². The number of benzene rings is 1. The fourth-order valence-corrected chi connectivity index (χ4v) is 1.41. The number of carbonyl (C=O) groups excluding carboxylic acids is 1. The molecule has 5 heteroatoms. The van der Waals surface area contributed by atoms with Gasteiger partial charge in [0, 0.05) is 5.56 Å².